The van der Waals surface area contributed by atoms with E-state index in [9.17, 15) is 0 Å². The van der Waals surface area contributed by atoms with E-state index >= 15 is 4.39 Å². The topological polar surface area (TPSA) is 57.2 Å². The first-order valence-electron chi connectivity index (χ1n) is 13.6. The number of fused-ring (bicyclic) bond motifs is 2. The number of halogens is 1. The highest BCUT2D eigenvalue weighted by Gasteiger charge is 2.47. The van der Waals surface area contributed by atoms with E-state index in [1.54, 1.807) is 12.3 Å². The summed E-state index contributed by atoms with van der Waals surface area (Å²) in [6.07, 6.45) is 5.51. The Morgan fingerprint density at radius 1 is 0.897 bits per heavy atom. The fraction of sp³-hybridized carbons (Fsp3) is 0.344. The van der Waals surface area contributed by atoms with Gasteiger partial charge >= 0.3 is 0 Å². The molecule has 2 aromatic heterocycles. The van der Waals surface area contributed by atoms with Crippen molar-refractivity contribution in [1.82, 2.24) is 19.9 Å². The first kappa shape index (κ1) is 25.4. The Bertz CT molecular complexity index is 1440. The van der Waals surface area contributed by atoms with E-state index < -0.39 is 0 Å². The number of likely N-dealkylation sites (tertiary alicyclic amines) is 1. The monoisotopic (exact) mass is 522 g/mol. The Hall–Kier alpha value is -3.84. The van der Waals surface area contributed by atoms with Gasteiger partial charge in [-0.1, -0.05) is 44.2 Å². The molecule has 2 aliphatic rings. The molecule has 0 radical (unpaired) electrons. The molecule has 2 fully saturated rings. The van der Waals surface area contributed by atoms with Crippen LogP contribution in [0.1, 0.15) is 31.5 Å². The maximum Gasteiger partial charge on any atom is 0.227 e. The quantitative estimate of drug-likeness (QED) is 0.326. The average Bonchev–Trinajstić information content (AvgIpc) is 2.88. The molecule has 2 saturated heterocycles. The number of aromatic nitrogens is 3. The smallest absolute Gasteiger partial charge is 0.227 e. The van der Waals surface area contributed by atoms with Gasteiger partial charge in [0.1, 0.15) is 5.82 Å². The second kappa shape index (κ2) is 10.0. The van der Waals surface area contributed by atoms with Crippen LogP contribution in [-0.4, -0.2) is 53.1 Å². The number of hydrogen-bond donors (Lipinski definition) is 1. The maximum absolute atomic E-state index is 15.4. The average molecular weight is 523 g/mol. The number of anilines is 3. The van der Waals surface area contributed by atoms with Gasteiger partial charge in [0.15, 0.2) is 0 Å². The van der Waals surface area contributed by atoms with Crippen molar-refractivity contribution in [2.75, 3.05) is 43.4 Å². The number of piperidine rings is 2. The van der Waals surface area contributed by atoms with Gasteiger partial charge in [0, 0.05) is 61.9 Å². The molecule has 1 N–H and O–H groups in total. The van der Waals surface area contributed by atoms with Crippen LogP contribution in [0.2, 0.25) is 0 Å². The number of rotatable bonds is 6. The largest absolute Gasteiger partial charge is 0.368 e. The molecule has 2 unspecified atom stereocenters. The summed E-state index contributed by atoms with van der Waals surface area (Å²) in [5.41, 5.74) is 5.50. The van der Waals surface area contributed by atoms with Crippen LogP contribution in [-0.2, 0) is 6.42 Å². The molecule has 2 bridgehead atoms. The molecule has 4 aromatic rings. The lowest BCUT2D eigenvalue weighted by atomic mass is 9.65. The lowest BCUT2D eigenvalue weighted by Gasteiger charge is -2.56. The molecule has 6 nitrogen and oxygen atoms in total. The summed E-state index contributed by atoms with van der Waals surface area (Å²) >= 11 is 0. The number of benzene rings is 2. The van der Waals surface area contributed by atoms with Gasteiger partial charge in [-0.2, -0.15) is 0 Å². The minimum absolute atomic E-state index is 0.159. The molecule has 2 aliphatic heterocycles. The van der Waals surface area contributed by atoms with Crippen LogP contribution in [0, 0.1) is 16.6 Å². The third-order valence-corrected chi connectivity index (χ3v) is 7.85. The van der Waals surface area contributed by atoms with Crippen LogP contribution in [0.5, 0.6) is 0 Å². The van der Waals surface area contributed by atoms with Gasteiger partial charge in [0.05, 0.1) is 11.4 Å². The lowest BCUT2D eigenvalue weighted by molar-refractivity contribution is 0.00514. The van der Waals surface area contributed by atoms with E-state index in [2.05, 4.69) is 63.1 Å². The molecule has 0 amide bonds. The fourth-order valence-electron chi connectivity index (χ4n) is 6.90. The van der Waals surface area contributed by atoms with Gasteiger partial charge < -0.3 is 15.1 Å². The van der Waals surface area contributed by atoms with Crippen LogP contribution >= 0.6 is 0 Å². The van der Waals surface area contributed by atoms with Crippen molar-refractivity contribution in [2.24, 2.45) is 10.8 Å². The zero-order chi connectivity index (χ0) is 27.0. The van der Waals surface area contributed by atoms with Crippen LogP contribution in [0.3, 0.4) is 0 Å². The minimum Gasteiger partial charge on any atom is -0.368 e. The first-order valence-corrected chi connectivity index (χ1v) is 13.6. The van der Waals surface area contributed by atoms with E-state index in [0.717, 1.165) is 49.6 Å². The molecule has 39 heavy (non-hydrogen) atoms. The van der Waals surface area contributed by atoms with Crippen molar-refractivity contribution in [3.8, 4) is 11.3 Å². The molecular weight excluding hydrogens is 487 g/mol. The summed E-state index contributed by atoms with van der Waals surface area (Å²) in [7, 11) is 2.20. The zero-order valence-corrected chi connectivity index (χ0v) is 22.9. The van der Waals surface area contributed by atoms with Crippen molar-refractivity contribution in [3.63, 3.8) is 0 Å². The van der Waals surface area contributed by atoms with Crippen molar-refractivity contribution >= 4 is 17.3 Å². The summed E-state index contributed by atoms with van der Waals surface area (Å²) in [4.78, 5) is 18.3. The lowest BCUT2D eigenvalue weighted by Crippen LogP contribution is -2.61. The second-order valence-corrected chi connectivity index (χ2v) is 12.1. The first-order chi connectivity index (χ1) is 18.8. The molecule has 200 valence electrons. The number of pyridine rings is 1. The standard InChI is InChI=1S/C32H35FN6/c1-31-18-32(2,20-38(3)19-31)22-39(21-31)29-12-11-26(16-27(29)33)36-30-34-14-13-28(37-30)24-9-10-25(35-17-24)15-23-7-5-4-6-8-23/h4-14,16-17H,15,18-22H2,1-3H3,(H,34,36,37). The molecule has 2 atom stereocenters. The van der Waals surface area contributed by atoms with Crippen LogP contribution in [0.4, 0.5) is 21.7 Å². The molecule has 0 spiro atoms. The highest BCUT2D eigenvalue weighted by molar-refractivity contribution is 5.63. The summed E-state index contributed by atoms with van der Waals surface area (Å²) in [6, 6.07) is 21.5. The summed E-state index contributed by atoms with van der Waals surface area (Å²) in [6.45, 7) is 8.47. The van der Waals surface area contributed by atoms with Crippen molar-refractivity contribution in [1.29, 1.82) is 0 Å². The van der Waals surface area contributed by atoms with Crippen molar-refractivity contribution in [3.05, 3.63) is 96.2 Å². The van der Waals surface area contributed by atoms with Gasteiger partial charge in [0.25, 0.3) is 0 Å². The Morgan fingerprint density at radius 2 is 1.67 bits per heavy atom. The van der Waals surface area contributed by atoms with E-state index in [-0.39, 0.29) is 16.6 Å². The molecule has 4 heterocycles. The Labute approximate surface area is 229 Å². The normalized spacial score (nSPS) is 23.0. The predicted octanol–water partition coefficient (Wildman–Crippen LogP) is 6.18. The Morgan fingerprint density at radius 3 is 2.36 bits per heavy atom. The number of nitrogens with one attached hydrogen (secondary N) is 1. The molecule has 0 saturated carbocycles. The molecule has 7 heteroatoms. The Kier molecular flexibility index (Phi) is 6.55. The highest BCUT2D eigenvalue weighted by atomic mass is 19.1. The van der Waals surface area contributed by atoms with E-state index in [0.29, 0.717) is 17.3 Å². The summed E-state index contributed by atoms with van der Waals surface area (Å²) in [5.74, 6) is 0.193. The maximum atomic E-state index is 15.4. The molecule has 0 aliphatic carbocycles. The van der Waals surface area contributed by atoms with Crippen LogP contribution < -0.4 is 10.2 Å². The zero-order valence-electron chi connectivity index (χ0n) is 22.9. The number of hydrogen-bond acceptors (Lipinski definition) is 6. The SMILES string of the molecule is CN1CC2(C)CN(c3ccc(Nc4nccc(-c5ccc(Cc6ccccc6)nc5)n4)cc3F)CC(C)(C1)C2. The number of nitrogens with zero attached hydrogens (tertiary/aromatic N) is 5. The van der Waals surface area contributed by atoms with Gasteiger partial charge in [-0.3, -0.25) is 4.98 Å². The molecule has 2 aromatic carbocycles. The third-order valence-electron chi connectivity index (χ3n) is 7.85. The van der Waals surface area contributed by atoms with E-state index in [1.165, 1.54) is 12.0 Å². The van der Waals surface area contributed by atoms with Crippen molar-refractivity contribution < 1.29 is 4.39 Å². The van der Waals surface area contributed by atoms with Crippen LogP contribution in [0.25, 0.3) is 11.3 Å². The summed E-state index contributed by atoms with van der Waals surface area (Å²) < 4.78 is 15.4. The van der Waals surface area contributed by atoms with Gasteiger partial charge in [-0.05, 0) is 66.3 Å². The molecular formula is C32H35FN6. The van der Waals surface area contributed by atoms with Crippen molar-refractivity contribution in [2.45, 2.75) is 26.7 Å². The predicted molar refractivity (Wildman–Crippen MR) is 155 cm³/mol. The minimum atomic E-state index is -0.227. The Balaban J connectivity index is 1.15. The van der Waals surface area contributed by atoms with E-state index in [1.807, 2.05) is 54.7 Å². The highest BCUT2D eigenvalue weighted by Crippen LogP contribution is 2.46. The molecule has 6 rings (SSSR count). The van der Waals surface area contributed by atoms with Crippen LogP contribution in [0.15, 0.2) is 79.1 Å². The van der Waals surface area contributed by atoms with Gasteiger partial charge in [0.2, 0.25) is 5.95 Å². The van der Waals surface area contributed by atoms with Gasteiger partial charge in [-0.15, -0.1) is 0 Å². The summed E-state index contributed by atoms with van der Waals surface area (Å²) in [5, 5.41) is 3.18. The third kappa shape index (κ3) is 5.64. The van der Waals surface area contributed by atoms with E-state index in [4.69, 9.17) is 0 Å². The van der Waals surface area contributed by atoms with Gasteiger partial charge in [-0.25, -0.2) is 14.4 Å². The second-order valence-electron chi connectivity index (χ2n) is 12.1. The fourth-order valence-corrected chi connectivity index (χ4v) is 6.90.